The fraction of sp³-hybridized carbons (Fsp3) is 0.393. The van der Waals surface area contributed by atoms with Crippen molar-refractivity contribution in [3.05, 3.63) is 57.9 Å². The number of aliphatic hydroxyl groups is 1. The molecular weight excluding hydrogens is 559 g/mol. The first-order valence-electron chi connectivity index (χ1n) is 13.2. The number of aliphatic hydroxyl groups excluding tert-OH is 1. The molecule has 0 aliphatic carbocycles. The number of hydrogen-bond acceptors (Lipinski definition) is 8. The molecule has 42 heavy (non-hydrogen) atoms. The summed E-state index contributed by atoms with van der Waals surface area (Å²) >= 11 is 0. The van der Waals surface area contributed by atoms with E-state index in [0.717, 1.165) is 11.0 Å². The van der Waals surface area contributed by atoms with E-state index in [4.69, 9.17) is 25.1 Å². The van der Waals surface area contributed by atoms with E-state index in [1.165, 1.54) is 26.4 Å². The van der Waals surface area contributed by atoms with Crippen LogP contribution in [0.2, 0.25) is 0 Å². The summed E-state index contributed by atoms with van der Waals surface area (Å²) in [4.78, 5) is 29.1. The van der Waals surface area contributed by atoms with Crippen molar-refractivity contribution in [1.29, 1.82) is 0 Å². The maximum atomic E-state index is 14.4. The standard InChI is InChI=1S/C28H30F3N5O6/c1-40-19-11-16(12-20(14-19)41-2)24-21-6-8-35(27(32)39)25(21)26(38)36(33-24)23-13-17(3-4-22(23)28(29,30)31)34-7-5-18(15-34)42-10-9-37/h3-4,11-14,18,37H,5-10,15H2,1-2H3,(H2,32,39). The van der Waals surface area contributed by atoms with Crippen molar-refractivity contribution in [2.45, 2.75) is 25.1 Å². The van der Waals surface area contributed by atoms with Crippen molar-refractivity contribution < 1.29 is 37.3 Å². The highest BCUT2D eigenvalue weighted by atomic mass is 19.4. The number of benzene rings is 2. The van der Waals surface area contributed by atoms with Gasteiger partial charge in [-0.05, 0) is 43.2 Å². The zero-order valence-corrected chi connectivity index (χ0v) is 23.0. The molecule has 1 atom stereocenters. The molecule has 1 saturated heterocycles. The van der Waals surface area contributed by atoms with Crippen molar-refractivity contribution in [2.24, 2.45) is 5.73 Å². The summed E-state index contributed by atoms with van der Waals surface area (Å²) in [6.07, 6.45) is -4.20. The predicted octanol–water partition coefficient (Wildman–Crippen LogP) is 2.96. The van der Waals surface area contributed by atoms with Crippen LogP contribution in [0.4, 0.5) is 29.3 Å². The Balaban J connectivity index is 1.73. The molecule has 2 aliphatic rings. The van der Waals surface area contributed by atoms with E-state index in [-0.39, 0.29) is 43.7 Å². The molecule has 2 aromatic carbocycles. The molecule has 11 nitrogen and oxygen atoms in total. The third-order valence-electron chi connectivity index (χ3n) is 7.38. The fourth-order valence-electron chi connectivity index (χ4n) is 5.41. The van der Waals surface area contributed by atoms with E-state index in [1.807, 2.05) is 4.90 Å². The zero-order chi connectivity index (χ0) is 30.2. The molecule has 3 N–H and O–H groups in total. The number of fused-ring (bicyclic) bond motifs is 1. The number of carbonyl (C=O) groups is 1. The number of urea groups is 1. The average molecular weight is 590 g/mol. The van der Waals surface area contributed by atoms with Crippen LogP contribution >= 0.6 is 0 Å². The first-order chi connectivity index (χ1) is 20.0. The molecule has 2 amide bonds. The van der Waals surface area contributed by atoms with Gasteiger partial charge in [0.05, 0.1) is 50.5 Å². The molecular formula is C28H30F3N5O6. The maximum absolute atomic E-state index is 14.4. The van der Waals surface area contributed by atoms with E-state index >= 15 is 0 Å². The quantitative estimate of drug-likeness (QED) is 0.410. The largest absolute Gasteiger partial charge is 0.497 e. The number of carbonyl (C=O) groups excluding carboxylic acids is 1. The third kappa shape index (κ3) is 5.46. The number of rotatable bonds is 8. The number of primary amides is 1. The lowest BCUT2D eigenvalue weighted by Crippen LogP contribution is -2.39. The van der Waals surface area contributed by atoms with Crippen molar-refractivity contribution in [1.82, 2.24) is 9.78 Å². The van der Waals surface area contributed by atoms with E-state index in [9.17, 15) is 22.8 Å². The second-order valence-electron chi connectivity index (χ2n) is 9.88. The minimum absolute atomic E-state index is 0.0644. The van der Waals surface area contributed by atoms with Crippen LogP contribution in [-0.4, -0.2) is 74.1 Å². The highest BCUT2D eigenvalue weighted by Gasteiger charge is 2.38. The molecule has 3 heterocycles. The average Bonchev–Trinajstić information content (AvgIpc) is 3.63. The van der Waals surface area contributed by atoms with Gasteiger partial charge < -0.3 is 30.0 Å². The minimum atomic E-state index is -4.82. The number of ether oxygens (including phenoxy) is 3. The molecule has 2 aliphatic heterocycles. The summed E-state index contributed by atoms with van der Waals surface area (Å²) in [6.45, 7) is 0.964. The van der Waals surface area contributed by atoms with E-state index in [2.05, 4.69) is 5.10 Å². The number of aromatic nitrogens is 2. The van der Waals surface area contributed by atoms with Gasteiger partial charge in [-0.25, -0.2) is 4.79 Å². The predicted molar refractivity (Wildman–Crippen MR) is 148 cm³/mol. The highest BCUT2D eigenvalue weighted by Crippen LogP contribution is 2.39. The number of amides is 2. The molecule has 0 saturated carbocycles. The Kier molecular flexibility index (Phi) is 8.01. The first kappa shape index (κ1) is 29.2. The first-order valence-corrected chi connectivity index (χ1v) is 13.2. The number of nitrogens with zero attached hydrogens (tertiary/aromatic N) is 4. The highest BCUT2D eigenvalue weighted by molar-refractivity contribution is 5.94. The number of hydrogen-bond donors (Lipinski definition) is 2. The Morgan fingerprint density at radius 3 is 2.45 bits per heavy atom. The van der Waals surface area contributed by atoms with E-state index in [0.29, 0.717) is 52.5 Å². The Hall–Kier alpha value is -4.30. The molecule has 14 heteroatoms. The van der Waals surface area contributed by atoms with Gasteiger partial charge in [0.1, 0.15) is 17.2 Å². The lowest BCUT2D eigenvalue weighted by Gasteiger charge is -2.23. The molecule has 0 radical (unpaired) electrons. The SMILES string of the molecule is COc1cc(OC)cc(-c2nn(-c3cc(N4CCC(OCCO)C4)ccc3C(F)(F)F)c(=O)c3c2CCN3C(N)=O)c1. The van der Waals surface area contributed by atoms with Gasteiger partial charge in [0.15, 0.2) is 0 Å². The molecule has 1 fully saturated rings. The second-order valence-corrected chi connectivity index (χ2v) is 9.88. The van der Waals surface area contributed by atoms with Crippen LogP contribution in [0.5, 0.6) is 11.5 Å². The van der Waals surface area contributed by atoms with Crippen LogP contribution in [0, 0.1) is 0 Å². The van der Waals surface area contributed by atoms with Gasteiger partial charge >= 0.3 is 12.2 Å². The van der Waals surface area contributed by atoms with Gasteiger partial charge in [0.2, 0.25) is 0 Å². The minimum Gasteiger partial charge on any atom is -0.497 e. The normalized spacial score (nSPS) is 16.6. The van der Waals surface area contributed by atoms with Gasteiger partial charge in [-0.3, -0.25) is 9.69 Å². The zero-order valence-electron chi connectivity index (χ0n) is 23.0. The lowest BCUT2D eigenvalue weighted by atomic mass is 10.0. The van der Waals surface area contributed by atoms with Crippen LogP contribution in [0.1, 0.15) is 17.5 Å². The fourth-order valence-corrected chi connectivity index (χ4v) is 5.41. The second kappa shape index (κ2) is 11.5. The van der Waals surface area contributed by atoms with Crippen LogP contribution in [0.15, 0.2) is 41.2 Å². The summed E-state index contributed by atoms with van der Waals surface area (Å²) < 4.78 is 60.1. The Morgan fingerprint density at radius 1 is 1.12 bits per heavy atom. The number of alkyl halides is 3. The van der Waals surface area contributed by atoms with Crippen molar-refractivity contribution in [2.75, 3.05) is 56.9 Å². The van der Waals surface area contributed by atoms with Crippen LogP contribution < -0.4 is 30.6 Å². The number of methoxy groups -OCH3 is 2. The van der Waals surface area contributed by atoms with Gasteiger partial charge in [-0.2, -0.15) is 23.0 Å². The summed E-state index contributed by atoms with van der Waals surface area (Å²) in [6, 6.07) is 7.45. The Morgan fingerprint density at radius 2 is 1.83 bits per heavy atom. The molecule has 5 rings (SSSR count). The molecule has 1 aromatic heterocycles. The molecule has 0 bridgehead atoms. The van der Waals surface area contributed by atoms with Crippen LogP contribution in [-0.2, 0) is 17.3 Å². The van der Waals surface area contributed by atoms with Gasteiger partial charge in [-0.1, -0.05) is 0 Å². The van der Waals surface area contributed by atoms with Crippen LogP contribution in [0.25, 0.3) is 16.9 Å². The summed E-state index contributed by atoms with van der Waals surface area (Å²) in [7, 11) is 2.90. The van der Waals surface area contributed by atoms with Gasteiger partial charge in [-0.15, -0.1) is 0 Å². The van der Waals surface area contributed by atoms with Crippen molar-refractivity contribution in [3.8, 4) is 28.4 Å². The Bertz CT molecular complexity index is 1540. The molecule has 1 unspecified atom stereocenters. The molecule has 224 valence electrons. The topological polar surface area (TPSA) is 132 Å². The number of nitrogens with two attached hydrogens (primary N) is 1. The lowest BCUT2D eigenvalue weighted by molar-refractivity contribution is -0.137. The number of anilines is 2. The Labute approximate surface area is 238 Å². The van der Waals surface area contributed by atoms with E-state index in [1.54, 1.807) is 18.2 Å². The summed E-state index contributed by atoms with van der Waals surface area (Å²) in [5.74, 6) is 0.791. The van der Waals surface area contributed by atoms with E-state index < -0.39 is 29.0 Å². The maximum Gasteiger partial charge on any atom is 0.418 e. The summed E-state index contributed by atoms with van der Waals surface area (Å²) in [5.41, 5.74) is 4.35. The van der Waals surface area contributed by atoms with Crippen LogP contribution in [0.3, 0.4) is 0 Å². The third-order valence-corrected chi connectivity index (χ3v) is 7.38. The van der Waals surface area contributed by atoms with Gasteiger partial charge in [0, 0.05) is 42.5 Å². The molecule has 3 aromatic rings. The smallest absolute Gasteiger partial charge is 0.418 e. The summed E-state index contributed by atoms with van der Waals surface area (Å²) in [5, 5.41) is 13.5. The number of halogens is 3. The molecule has 0 spiro atoms. The monoisotopic (exact) mass is 589 g/mol. The van der Waals surface area contributed by atoms with Gasteiger partial charge in [0.25, 0.3) is 5.56 Å². The van der Waals surface area contributed by atoms with Crippen molar-refractivity contribution in [3.63, 3.8) is 0 Å². The van der Waals surface area contributed by atoms with Crippen molar-refractivity contribution >= 4 is 17.4 Å².